The number of imide groups is 1. The minimum Gasteiger partial charge on any atom is -0.323 e. The molecule has 2 fully saturated rings. The molecule has 0 radical (unpaired) electrons. The van der Waals surface area contributed by atoms with Crippen LogP contribution in [0.1, 0.15) is 39.5 Å². The molecule has 0 aromatic rings. The van der Waals surface area contributed by atoms with Crippen LogP contribution in [0, 0.1) is 11.8 Å². The number of hydrogen-bond donors (Lipinski definition) is 1. The number of amides is 3. The van der Waals surface area contributed by atoms with E-state index in [1.165, 1.54) is 4.90 Å². The molecule has 4 nitrogen and oxygen atoms in total. The topological polar surface area (TPSA) is 49.4 Å². The minimum absolute atomic E-state index is 0.00722. The van der Waals surface area contributed by atoms with Gasteiger partial charge >= 0.3 is 6.03 Å². The highest BCUT2D eigenvalue weighted by Gasteiger charge is 2.51. The van der Waals surface area contributed by atoms with Gasteiger partial charge in [0.15, 0.2) is 0 Å². The van der Waals surface area contributed by atoms with Crippen LogP contribution in [0.2, 0.25) is 0 Å². The van der Waals surface area contributed by atoms with Crippen molar-refractivity contribution in [3.8, 4) is 0 Å². The molecular weight excluding hydrogens is 296 g/mol. The third-order valence-corrected chi connectivity index (χ3v) is 5.24. The number of nitrogens with zero attached hydrogens (tertiary/aromatic N) is 1. The van der Waals surface area contributed by atoms with E-state index in [9.17, 15) is 9.59 Å². The number of hydrogen-bond acceptors (Lipinski definition) is 2. The second-order valence-electron chi connectivity index (χ2n) is 5.87. The summed E-state index contributed by atoms with van der Waals surface area (Å²) in [4.78, 5) is 25.9. The van der Waals surface area contributed by atoms with Gasteiger partial charge in [0.05, 0.1) is 0 Å². The Morgan fingerprint density at radius 2 is 2.06 bits per heavy atom. The lowest BCUT2D eigenvalue weighted by molar-refractivity contribution is -0.133. The normalized spacial score (nSPS) is 33.9. The molecule has 1 saturated heterocycles. The Morgan fingerprint density at radius 1 is 1.44 bits per heavy atom. The van der Waals surface area contributed by atoms with Gasteiger partial charge in [-0.2, -0.15) is 0 Å². The van der Waals surface area contributed by atoms with E-state index in [0.29, 0.717) is 12.5 Å². The monoisotopic (exact) mass is 316 g/mol. The number of rotatable bonds is 3. The summed E-state index contributed by atoms with van der Waals surface area (Å²) in [5.74, 6) is 0.945. The standard InChI is InChI=1S/C13H21BrN2O2/c1-9-3-5-13(6-4-9)11(17)16(12(18)15-13)8-10(2)7-14/h9-10H,3-8H2,1-2H3,(H,15,18). The Kier molecular flexibility index (Phi) is 3.99. The number of carbonyl (C=O) groups is 2. The predicted octanol–water partition coefficient (Wildman–Crippen LogP) is 2.52. The second kappa shape index (κ2) is 5.19. The summed E-state index contributed by atoms with van der Waals surface area (Å²) in [5, 5.41) is 3.74. The van der Waals surface area contributed by atoms with Crippen LogP contribution in [0.15, 0.2) is 0 Å². The summed E-state index contributed by atoms with van der Waals surface area (Å²) in [5.41, 5.74) is -0.588. The van der Waals surface area contributed by atoms with E-state index in [-0.39, 0.29) is 17.9 Å². The van der Waals surface area contributed by atoms with Gasteiger partial charge in [-0.1, -0.05) is 29.8 Å². The maximum absolute atomic E-state index is 12.5. The molecule has 2 rings (SSSR count). The van der Waals surface area contributed by atoms with Crippen LogP contribution in [0.4, 0.5) is 4.79 Å². The zero-order chi connectivity index (χ0) is 13.3. The molecule has 1 heterocycles. The van der Waals surface area contributed by atoms with E-state index in [1.54, 1.807) is 0 Å². The fourth-order valence-electron chi connectivity index (χ4n) is 2.80. The van der Waals surface area contributed by atoms with Crippen LogP contribution in [0.3, 0.4) is 0 Å². The summed E-state index contributed by atoms with van der Waals surface area (Å²) < 4.78 is 0. The van der Waals surface area contributed by atoms with Gasteiger partial charge < -0.3 is 5.32 Å². The summed E-state index contributed by atoms with van der Waals surface area (Å²) in [6.45, 7) is 4.75. The highest BCUT2D eigenvalue weighted by molar-refractivity contribution is 9.09. The maximum atomic E-state index is 12.5. The molecule has 3 amide bonds. The first-order valence-corrected chi connectivity index (χ1v) is 7.81. The van der Waals surface area contributed by atoms with E-state index >= 15 is 0 Å². The zero-order valence-electron chi connectivity index (χ0n) is 11.0. The number of halogens is 1. The van der Waals surface area contributed by atoms with E-state index < -0.39 is 5.54 Å². The molecule has 0 bridgehead atoms. The van der Waals surface area contributed by atoms with Gasteiger partial charge in [0.1, 0.15) is 5.54 Å². The van der Waals surface area contributed by atoms with Gasteiger partial charge in [-0.3, -0.25) is 9.69 Å². The average Bonchev–Trinajstić information content (AvgIpc) is 2.58. The molecule has 1 aliphatic carbocycles. The van der Waals surface area contributed by atoms with Crippen molar-refractivity contribution in [3.63, 3.8) is 0 Å². The number of carbonyl (C=O) groups excluding carboxylic acids is 2. The lowest BCUT2D eigenvalue weighted by Crippen LogP contribution is -2.49. The highest BCUT2D eigenvalue weighted by Crippen LogP contribution is 2.36. The van der Waals surface area contributed by atoms with E-state index in [0.717, 1.165) is 31.0 Å². The summed E-state index contributed by atoms with van der Waals surface area (Å²) in [6, 6.07) is -0.206. The molecule has 0 aromatic carbocycles. The van der Waals surface area contributed by atoms with Crippen molar-refractivity contribution >= 4 is 27.9 Å². The Hall–Kier alpha value is -0.580. The largest absolute Gasteiger partial charge is 0.325 e. The molecule has 1 atom stereocenters. The van der Waals surface area contributed by atoms with Gasteiger partial charge in [-0.05, 0) is 37.5 Å². The van der Waals surface area contributed by atoms with Crippen molar-refractivity contribution in [1.29, 1.82) is 0 Å². The molecule has 1 N–H and O–H groups in total. The van der Waals surface area contributed by atoms with Crippen molar-refractivity contribution in [3.05, 3.63) is 0 Å². The average molecular weight is 317 g/mol. The minimum atomic E-state index is -0.588. The van der Waals surface area contributed by atoms with E-state index in [4.69, 9.17) is 0 Å². The summed E-state index contributed by atoms with van der Waals surface area (Å²) in [7, 11) is 0. The van der Waals surface area contributed by atoms with Crippen molar-refractivity contribution in [2.75, 3.05) is 11.9 Å². The van der Waals surface area contributed by atoms with E-state index in [2.05, 4.69) is 28.2 Å². The number of urea groups is 1. The molecule has 1 spiro atoms. The third kappa shape index (κ3) is 2.42. The van der Waals surface area contributed by atoms with Crippen LogP contribution >= 0.6 is 15.9 Å². The summed E-state index contributed by atoms with van der Waals surface area (Å²) >= 11 is 3.39. The molecule has 0 aromatic heterocycles. The molecular formula is C13H21BrN2O2. The highest BCUT2D eigenvalue weighted by atomic mass is 79.9. The SMILES string of the molecule is CC1CCC2(CC1)NC(=O)N(CC(C)CBr)C2=O. The Bertz CT molecular complexity index is 351. The van der Waals surface area contributed by atoms with Crippen LogP contribution in [0.5, 0.6) is 0 Å². The smallest absolute Gasteiger partial charge is 0.323 e. The van der Waals surface area contributed by atoms with Crippen molar-refractivity contribution in [2.45, 2.75) is 45.1 Å². The molecule has 1 saturated carbocycles. The first kappa shape index (κ1) is 13.8. The first-order chi connectivity index (χ1) is 8.48. The Labute approximate surface area is 117 Å². The third-order valence-electron chi connectivity index (χ3n) is 4.13. The van der Waals surface area contributed by atoms with Gasteiger partial charge in [-0.25, -0.2) is 4.79 Å². The lowest BCUT2D eigenvalue weighted by atomic mass is 9.77. The fraction of sp³-hybridized carbons (Fsp3) is 0.846. The van der Waals surface area contributed by atoms with Crippen LogP contribution in [-0.4, -0.2) is 34.3 Å². The van der Waals surface area contributed by atoms with Crippen LogP contribution < -0.4 is 5.32 Å². The van der Waals surface area contributed by atoms with Gasteiger partial charge in [0, 0.05) is 11.9 Å². The fourth-order valence-corrected chi connectivity index (χ4v) is 3.00. The van der Waals surface area contributed by atoms with Crippen LogP contribution in [0.25, 0.3) is 0 Å². The van der Waals surface area contributed by atoms with E-state index in [1.807, 2.05) is 6.92 Å². The van der Waals surface area contributed by atoms with Gasteiger partial charge in [0.2, 0.25) is 0 Å². The summed E-state index contributed by atoms with van der Waals surface area (Å²) in [6.07, 6.45) is 3.62. The molecule has 2 aliphatic rings. The molecule has 18 heavy (non-hydrogen) atoms. The molecule has 1 aliphatic heterocycles. The predicted molar refractivity (Wildman–Crippen MR) is 73.6 cm³/mol. The quantitative estimate of drug-likeness (QED) is 0.642. The van der Waals surface area contributed by atoms with Crippen molar-refractivity contribution < 1.29 is 9.59 Å². The van der Waals surface area contributed by atoms with Gasteiger partial charge in [-0.15, -0.1) is 0 Å². The first-order valence-electron chi connectivity index (χ1n) is 6.68. The number of nitrogens with one attached hydrogen (secondary N) is 1. The lowest BCUT2D eigenvalue weighted by Gasteiger charge is -2.33. The Morgan fingerprint density at radius 3 is 2.61 bits per heavy atom. The van der Waals surface area contributed by atoms with Gasteiger partial charge in [0.25, 0.3) is 5.91 Å². The van der Waals surface area contributed by atoms with Crippen LogP contribution in [-0.2, 0) is 4.79 Å². The van der Waals surface area contributed by atoms with Crippen molar-refractivity contribution in [2.24, 2.45) is 11.8 Å². The molecule has 5 heteroatoms. The zero-order valence-corrected chi connectivity index (χ0v) is 12.6. The molecule has 102 valence electrons. The Balaban J connectivity index is 2.09. The maximum Gasteiger partial charge on any atom is 0.325 e. The number of alkyl halides is 1. The second-order valence-corrected chi connectivity index (χ2v) is 6.52. The van der Waals surface area contributed by atoms with Crippen molar-refractivity contribution in [1.82, 2.24) is 10.2 Å². The molecule has 1 unspecified atom stereocenters.